The number of amides is 1. The molecule has 31 heavy (non-hydrogen) atoms. The Morgan fingerprint density at radius 1 is 1.06 bits per heavy atom. The van der Waals surface area contributed by atoms with Crippen molar-refractivity contribution < 1.29 is 13.9 Å². The maximum absolute atomic E-state index is 13.6. The van der Waals surface area contributed by atoms with Crippen LogP contribution in [0.4, 0.5) is 9.52 Å². The van der Waals surface area contributed by atoms with Crippen molar-refractivity contribution in [3.05, 3.63) is 53.8 Å². The number of carbonyl (C=O) groups is 1. The Kier molecular flexibility index (Phi) is 8.37. The van der Waals surface area contributed by atoms with Gasteiger partial charge in [0.15, 0.2) is 5.13 Å². The average molecular weight is 444 g/mol. The van der Waals surface area contributed by atoms with E-state index in [1.807, 2.05) is 26.2 Å². The molecule has 0 saturated heterocycles. The molecule has 3 aromatic rings. The lowest BCUT2D eigenvalue weighted by Gasteiger charge is -2.21. The van der Waals surface area contributed by atoms with Crippen molar-refractivity contribution in [1.82, 2.24) is 9.88 Å². The molecule has 166 valence electrons. The quantitative estimate of drug-likeness (QED) is 0.362. The molecule has 0 spiro atoms. The summed E-state index contributed by atoms with van der Waals surface area (Å²) in [6, 6.07) is 11.8. The van der Waals surface area contributed by atoms with E-state index in [1.165, 1.54) is 23.5 Å². The van der Waals surface area contributed by atoms with Gasteiger partial charge in [0.1, 0.15) is 11.6 Å². The topological polar surface area (TPSA) is 45.7 Å². The molecule has 3 rings (SSSR count). The number of hydrogen-bond acceptors (Lipinski definition) is 5. The fraction of sp³-hybridized carbons (Fsp3) is 0.417. The minimum atomic E-state index is -0.303. The smallest absolute Gasteiger partial charge is 0.260 e. The molecule has 0 aliphatic carbocycles. The monoisotopic (exact) mass is 443 g/mol. The van der Waals surface area contributed by atoms with Crippen molar-refractivity contribution in [2.45, 2.75) is 32.6 Å². The molecule has 1 amide bonds. The van der Waals surface area contributed by atoms with Crippen LogP contribution in [0.5, 0.6) is 5.75 Å². The first-order valence-corrected chi connectivity index (χ1v) is 11.5. The maximum atomic E-state index is 13.6. The van der Waals surface area contributed by atoms with Crippen LogP contribution in [0.15, 0.2) is 42.5 Å². The van der Waals surface area contributed by atoms with E-state index in [1.54, 1.807) is 23.1 Å². The SMILES string of the molecule is CCCCCOc1ccc(C(=O)N(CCCN(C)C)c2nc3ccc(F)cc3s2)cc1. The summed E-state index contributed by atoms with van der Waals surface area (Å²) in [5.74, 6) is 0.348. The third-order valence-electron chi connectivity index (χ3n) is 4.92. The first kappa shape index (κ1) is 23.2. The van der Waals surface area contributed by atoms with Gasteiger partial charge in [0.05, 0.1) is 16.8 Å². The fourth-order valence-corrected chi connectivity index (χ4v) is 4.24. The third-order valence-corrected chi connectivity index (χ3v) is 5.96. The van der Waals surface area contributed by atoms with Crippen LogP contribution in [0.1, 0.15) is 43.0 Å². The number of anilines is 1. The highest BCUT2D eigenvalue weighted by Gasteiger charge is 2.21. The first-order chi connectivity index (χ1) is 15.0. The summed E-state index contributed by atoms with van der Waals surface area (Å²) in [5.41, 5.74) is 1.28. The Balaban J connectivity index is 1.78. The lowest BCUT2D eigenvalue weighted by molar-refractivity contribution is 0.0986. The number of halogens is 1. The molecule has 0 atom stereocenters. The molecule has 0 saturated carbocycles. The van der Waals surface area contributed by atoms with Gasteiger partial charge in [0.2, 0.25) is 0 Å². The van der Waals surface area contributed by atoms with Crippen molar-refractivity contribution in [2.24, 2.45) is 0 Å². The highest BCUT2D eigenvalue weighted by Crippen LogP contribution is 2.30. The van der Waals surface area contributed by atoms with Gasteiger partial charge in [0.25, 0.3) is 5.91 Å². The zero-order chi connectivity index (χ0) is 22.2. The molecule has 0 radical (unpaired) electrons. The van der Waals surface area contributed by atoms with Crippen LogP contribution in [0, 0.1) is 5.82 Å². The van der Waals surface area contributed by atoms with E-state index < -0.39 is 0 Å². The molecule has 1 heterocycles. The number of ether oxygens (including phenoxy) is 1. The van der Waals surface area contributed by atoms with Crippen molar-refractivity contribution in [2.75, 3.05) is 38.7 Å². The zero-order valence-electron chi connectivity index (χ0n) is 18.4. The molecule has 5 nitrogen and oxygen atoms in total. The van der Waals surface area contributed by atoms with E-state index in [-0.39, 0.29) is 11.7 Å². The summed E-state index contributed by atoms with van der Waals surface area (Å²) in [7, 11) is 4.01. The van der Waals surface area contributed by atoms with Gasteiger partial charge in [-0.15, -0.1) is 0 Å². The van der Waals surface area contributed by atoms with Crippen LogP contribution in [0.3, 0.4) is 0 Å². The van der Waals surface area contributed by atoms with Gasteiger partial charge in [-0.05, 0) is 75.9 Å². The van der Waals surface area contributed by atoms with E-state index in [0.29, 0.717) is 29.4 Å². The number of nitrogens with zero attached hydrogens (tertiary/aromatic N) is 3. The molecule has 0 aliphatic heterocycles. The van der Waals surface area contributed by atoms with Crippen LogP contribution >= 0.6 is 11.3 Å². The van der Waals surface area contributed by atoms with Gasteiger partial charge in [0, 0.05) is 12.1 Å². The van der Waals surface area contributed by atoms with Crippen LogP contribution in [0.2, 0.25) is 0 Å². The minimum absolute atomic E-state index is 0.115. The molecule has 0 fully saturated rings. The summed E-state index contributed by atoms with van der Waals surface area (Å²) in [5, 5.41) is 0.587. The molecule has 1 aromatic heterocycles. The first-order valence-electron chi connectivity index (χ1n) is 10.7. The van der Waals surface area contributed by atoms with Gasteiger partial charge < -0.3 is 9.64 Å². The number of fused-ring (bicyclic) bond motifs is 1. The Hall–Kier alpha value is -2.51. The molecule has 0 N–H and O–H groups in total. The second-order valence-electron chi connectivity index (χ2n) is 7.80. The van der Waals surface area contributed by atoms with Gasteiger partial charge in [-0.3, -0.25) is 9.69 Å². The largest absolute Gasteiger partial charge is 0.494 e. The van der Waals surface area contributed by atoms with Crippen molar-refractivity contribution in [1.29, 1.82) is 0 Å². The van der Waals surface area contributed by atoms with E-state index >= 15 is 0 Å². The normalized spacial score (nSPS) is 11.3. The summed E-state index contributed by atoms with van der Waals surface area (Å²) in [6.07, 6.45) is 4.13. The van der Waals surface area contributed by atoms with E-state index in [9.17, 15) is 9.18 Å². The third kappa shape index (κ3) is 6.48. The predicted octanol–water partition coefficient (Wildman–Crippen LogP) is 5.60. The van der Waals surface area contributed by atoms with E-state index in [0.717, 1.165) is 42.7 Å². The number of hydrogen-bond donors (Lipinski definition) is 0. The van der Waals surface area contributed by atoms with Crippen LogP contribution in [-0.4, -0.2) is 49.6 Å². The molecular formula is C24H30FN3O2S. The van der Waals surface area contributed by atoms with Gasteiger partial charge in [-0.2, -0.15) is 0 Å². The fourth-order valence-electron chi connectivity index (χ4n) is 3.22. The molecule has 0 bridgehead atoms. The Labute approximate surface area is 187 Å². The molecule has 2 aromatic carbocycles. The molecule has 0 unspecified atom stereocenters. The van der Waals surface area contributed by atoms with Crippen LogP contribution in [-0.2, 0) is 0 Å². The number of thiazole rings is 1. The number of rotatable bonds is 11. The average Bonchev–Trinajstić information content (AvgIpc) is 3.17. The summed E-state index contributed by atoms with van der Waals surface area (Å²) >= 11 is 1.34. The highest BCUT2D eigenvalue weighted by atomic mass is 32.1. The van der Waals surface area contributed by atoms with Crippen LogP contribution in [0.25, 0.3) is 10.2 Å². The molecular weight excluding hydrogens is 413 g/mol. The lowest BCUT2D eigenvalue weighted by Crippen LogP contribution is -2.33. The standard InChI is InChI=1S/C24H30FN3O2S/c1-4-5-6-16-30-20-11-8-18(9-12-20)23(29)28(15-7-14-27(2)3)24-26-21-13-10-19(25)17-22(21)31-24/h8-13,17H,4-7,14-16H2,1-3H3. The number of unbranched alkanes of at least 4 members (excludes halogenated alkanes) is 2. The Morgan fingerprint density at radius 3 is 2.55 bits per heavy atom. The number of carbonyl (C=O) groups excluding carboxylic acids is 1. The Bertz CT molecular complexity index is 988. The lowest BCUT2D eigenvalue weighted by atomic mass is 10.2. The van der Waals surface area contributed by atoms with Crippen molar-refractivity contribution in [3.8, 4) is 5.75 Å². The van der Waals surface area contributed by atoms with Gasteiger partial charge in [-0.1, -0.05) is 31.1 Å². The summed E-state index contributed by atoms with van der Waals surface area (Å²) in [4.78, 5) is 21.7. The highest BCUT2D eigenvalue weighted by molar-refractivity contribution is 7.22. The van der Waals surface area contributed by atoms with Crippen LogP contribution < -0.4 is 9.64 Å². The zero-order valence-corrected chi connectivity index (χ0v) is 19.3. The molecule has 0 aliphatic rings. The molecule has 7 heteroatoms. The van der Waals surface area contributed by atoms with E-state index in [4.69, 9.17) is 4.74 Å². The van der Waals surface area contributed by atoms with Crippen molar-refractivity contribution >= 4 is 32.6 Å². The van der Waals surface area contributed by atoms with Gasteiger partial charge >= 0.3 is 0 Å². The Morgan fingerprint density at radius 2 is 1.84 bits per heavy atom. The van der Waals surface area contributed by atoms with Gasteiger partial charge in [-0.25, -0.2) is 9.37 Å². The summed E-state index contributed by atoms with van der Waals surface area (Å²) < 4.78 is 20.1. The summed E-state index contributed by atoms with van der Waals surface area (Å²) in [6.45, 7) is 4.23. The minimum Gasteiger partial charge on any atom is -0.494 e. The van der Waals surface area contributed by atoms with Crippen molar-refractivity contribution in [3.63, 3.8) is 0 Å². The number of benzene rings is 2. The maximum Gasteiger partial charge on any atom is 0.260 e. The number of aromatic nitrogens is 1. The van der Waals surface area contributed by atoms with E-state index in [2.05, 4.69) is 16.8 Å². The second kappa shape index (κ2) is 11.2. The second-order valence-corrected chi connectivity index (χ2v) is 8.81. The predicted molar refractivity (Wildman–Crippen MR) is 126 cm³/mol.